The van der Waals surface area contributed by atoms with Crippen molar-refractivity contribution in [3.8, 4) is 0 Å². The van der Waals surface area contributed by atoms with Crippen molar-refractivity contribution < 1.29 is 23.3 Å². The third-order valence-corrected chi connectivity index (χ3v) is 7.62. The van der Waals surface area contributed by atoms with Crippen molar-refractivity contribution in [1.82, 2.24) is 9.21 Å². The molecular weight excluding hydrogens is 415 g/mol. The van der Waals surface area contributed by atoms with Crippen LogP contribution in [0.25, 0.3) is 0 Å². The molecule has 0 bridgehead atoms. The predicted molar refractivity (Wildman–Crippen MR) is 122 cm³/mol. The Morgan fingerprint density at radius 3 is 2.26 bits per heavy atom. The highest BCUT2D eigenvalue weighted by molar-refractivity contribution is 7.89. The van der Waals surface area contributed by atoms with E-state index in [0.717, 1.165) is 21.0 Å². The smallest absolute Gasteiger partial charge is 0.426 e. The monoisotopic (exact) mass is 446 g/mol. The summed E-state index contributed by atoms with van der Waals surface area (Å²) < 4.78 is 27.2. The van der Waals surface area contributed by atoms with E-state index in [1.54, 1.807) is 32.0 Å². The molecule has 7 nitrogen and oxygen atoms in total. The Morgan fingerprint density at radius 2 is 1.71 bits per heavy atom. The van der Waals surface area contributed by atoms with Gasteiger partial charge in [-0.25, -0.2) is 8.42 Å². The molecule has 2 rings (SSSR count). The van der Waals surface area contributed by atoms with Gasteiger partial charge < -0.3 is 14.9 Å². The average Bonchev–Trinajstić information content (AvgIpc) is 2.70. The molecule has 0 fully saturated rings. The first-order valence-electron chi connectivity index (χ1n) is 10.2. The number of aryl methyl sites for hydroxylation is 3. The second kappa shape index (κ2) is 10.4. The van der Waals surface area contributed by atoms with Gasteiger partial charge in [-0.3, -0.25) is 4.79 Å². The Kier molecular flexibility index (Phi) is 8.42. The molecule has 2 aromatic carbocycles. The molecule has 2 N–H and O–H groups in total. The van der Waals surface area contributed by atoms with E-state index in [1.807, 2.05) is 32.0 Å². The number of benzene rings is 2. The van der Waals surface area contributed by atoms with Gasteiger partial charge in [-0.1, -0.05) is 48.9 Å². The average molecular weight is 446 g/mol. The molecule has 2 aromatic rings. The summed E-state index contributed by atoms with van der Waals surface area (Å²) in [6.45, 7) is 6.99. The third kappa shape index (κ3) is 5.95. The molecule has 0 unspecified atom stereocenters. The number of carbonyl (C=O) groups is 1. The molecular formula is C22H31BN2O5S. The van der Waals surface area contributed by atoms with Crippen molar-refractivity contribution in [1.29, 1.82) is 0 Å². The Labute approximate surface area is 185 Å². The van der Waals surface area contributed by atoms with Gasteiger partial charge >= 0.3 is 7.12 Å². The van der Waals surface area contributed by atoms with Crippen molar-refractivity contribution in [2.75, 3.05) is 20.1 Å². The zero-order valence-electron chi connectivity index (χ0n) is 18.7. The van der Waals surface area contributed by atoms with E-state index in [2.05, 4.69) is 0 Å². The minimum absolute atomic E-state index is 0.111. The topological polar surface area (TPSA) is 98.2 Å². The highest BCUT2D eigenvalue weighted by atomic mass is 32.2. The normalized spacial score (nSPS) is 12.6. The number of hydrogen-bond donors (Lipinski definition) is 2. The number of likely N-dealkylation sites (N-methyl/N-ethyl adjacent to an activating group) is 2. The van der Waals surface area contributed by atoms with Crippen LogP contribution < -0.4 is 0 Å². The van der Waals surface area contributed by atoms with Gasteiger partial charge in [0.25, 0.3) is 0 Å². The second-order valence-electron chi connectivity index (χ2n) is 7.82. The van der Waals surface area contributed by atoms with Crippen LogP contribution in [-0.4, -0.2) is 66.8 Å². The molecule has 0 saturated heterocycles. The summed E-state index contributed by atoms with van der Waals surface area (Å²) >= 11 is 0. The summed E-state index contributed by atoms with van der Waals surface area (Å²) in [5, 5.41) is 19.9. The minimum atomic E-state index is -3.87. The van der Waals surface area contributed by atoms with Crippen LogP contribution in [0.15, 0.2) is 47.4 Å². The van der Waals surface area contributed by atoms with Gasteiger partial charge in [-0.15, -0.1) is 0 Å². The van der Waals surface area contributed by atoms with Crippen molar-refractivity contribution in [2.24, 2.45) is 0 Å². The molecule has 0 aliphatic rings. The van der Waals surface area contributed by atoms with Gasteiger partial charge in [-0.2, -0.15) is 4.31 Å². The predicted octanol–water partition coefficient (Wildman–Crippen LogP) is 1.70. The van der Waals surface area contributed by atoms with E-state index in [0.29, 0.717) is 5.56 Å². The number of nitrogens with zero attached hydrogens (tertiary/aromatic N) is 2. The number of hydrogen-bond acceptors (Lipinski definition) is 5. The van der Waals surface area contributed by atoms with Crippen molar-refractivity contribution in [3.63, 3.8) is 0 Å². The van der Waals surface area contributed by atoms with E-state index >= 15 is 0 Å². The van der Waals surface area contributed by atoms with E-state index in [1.165, 1.54) is 18.0 Å². The molecule has 1 atom stereocenters. The molecule has 0 heterocycles. The van der Waals surface area contributed by atoms with Crippen molar-refractivity contribution >= 4 is 23.0 Å². The van der Waals surface area contributed by atoms with E-state index in [9.17, 15) is 23.3 Å². The first-order chi connectivity index (χ1) is 14.5. The van der Waals surface area contributed by atoms with Crippen LogP contribution in [0.4, 0.5) is 0 Å². The summed E-state index contributed by atoms with van der Waals surface area (Å²) in [4.78, 5) is 14.3. The lowest BCUT2D eigenvalue weighted by Gasteiger charge is -2.30. The first kappa shape index (κ1) is 25.1. The molecule has 0 spiro atoms. The lowest BCUT2D eigenvalue weighted by atomic mass is 9.74. The Balaban J connectivity index is 2.23. The summed E-state index contributed by atoms with van der Waals surface area (Å²) in [5.41, 5.74) is 3.57. The van der Waals surface area contributed by atoms with Gasteiger partial charge in [0.15, 0.2) is 0 Å². The number of sulfonamides is 1. The van der Waals surface area contributed by atoms with Crippen molar-refractivity contribution in [2.45, 2.75) is 45.0 Å². The maximum absolute atomic E-state index is 13.1. The minimum Gasteiger partial charge on any atom is -0.426 e. The van der Waals surface area contributed by atoms with Gasteiger partial charge in [0, 0.05) is 13.6 Å². The molecule has 9 heteroatoms. The SMILES string of the molecule is CCN(CC(=O)N(C)[C@@H](Cc1ccc(C)cc1C)B(O)O)S(=O)(=O)c1ccccc1C. The fourth-order valence-electron chi connectivity index (χ4n) is 3.54. The van der Waals surface area contributed by atoms with E-state index in [-0.39, 0.29) is 24.4 Å². The van der Waals surface area contributed by atoms with Crippen LogP contribution in [0.3, 0.4) is 0 Å². The van der Waals surface area contributed by atoms with Crippen LogP contribution >= 0.6 is 0 Å². The fourth-order valence-corrected chi connectivity index (χ4v) is 5.17. The third-order valence-electron chi connectivity index (χ3n) is 5.54. The number of rotatable bonds is 9. The first-order valence-corrected chi connectivity index (χ1v) is 11.7. The molecule has 31 heavy (non-hydrogen) atoms. The molecule has 0 radical (unpaired) electrons. The largest absolute Gasteiger partial charge is 0.476 e. The van der Waals surface area contributed by atoms with E-state index < -0.39 is 29.0 Å². The lowest BCUT2D eigenvalue weighted by Crippen LogP contribution is -2.52. The second-order valence-corrected chi connectivity index (χ2v) is 9.72. The number of carbonyl (C=O) groups excluding carboxylic acids is 1. The van der Waals surface area contributed by atoms with E-state index in [4.69, 9.17) is 0 Å². The van der Waals surface area contributed by atoms with Gasteiger partial charge in [-0.05, 0) is 49.9 Å². The molecule has 0 saturated carbocycles. The maximum Gasteiger partial charge on any atom is 0.476 e. The fraction of sp³-hybridized carbons (Fsp3) is 0.409. The highest BCUT2D eigenvalue weighted by Crippen LogP contribution is 2.20. The summed E-state index contributed by atoms with van der Waals surface area (Å²) in [5.74, 6) is -1.42. The van der Waals surface area contributed by atoms with Crippen LogP contribution in [0.2, 0.25) is 0 Å². The Morgan fingerprint density at radius 1 is 1.06 bits per heavy atom. The van der Waals surface area contributed by atoms with Gasteiger partial charge in [0.2, 0.25) is 15.9 Å². The van der Waals surface area contributed by atoms with Crippen molar-refractivity contribution in [3.05, 3.63) is 64.7 Å². The van der Waals surface area contributed by atoms with Crippen LogP contribution in [0.5, 0.6) is 0 Å². The zero-order valence-corrected chi connectivity index (χ0v) is 19.6. The van der Waals surface area contributed by atoms with Crippen LogP contribution in [-0.2, 0) is 21.2 Å². The highest BCUT2D eigenvalue weighted by Gasteiger charge is 2.34. The summed E-state index contributed by atoms with van der Waals surface area (Å²) in [6, 6.07) is 12.4. The number of amides is 1. The Bertz CT molecular complexity index is 1030. The molecule has 0 aliphatic heterocycles. The molecule has 0 aromatic heterocycles. The lowest BCUT2D eigenvalue weighted by molar-refractivity contribution is -0.131. The standard InChI is InChI=1S/C22H31BN2O5S/c1-6-25(31(29,30)20-10-8-7-9-17(20)3)15-22(26)24(5)21(23(27)28)14-19-12-11-16(2)13-18(19)4/h7-13,21,27-28H,6,14-15H2,1-5H3/t21-/m0/s1. The summed E-state index contributed by atoms with van der Waals surface area (Å²) in [6.07, 6.45) is 0.239. The quantitative estimate of drug-likeness (QED) is 0.572. The van der Waals surface area contributed by atoms with Gasteiger partial charge in [0.05, 0.1) is 17.4 Å². The van der Waals surface area contributed by atoms with Gasteiger partial charge in [0.1, 0.15) is 0 Å². The Hall–Kier alpha value is -2.20. The molecule has 0 aliphatic carbocycles. The zero-order chi connectivity index (χ0) is 23.3. The van der Waals surface area contributed by atoms with Crippen LogP contribution in [0.1, 0.15) is 29.2 Å². The molecule has 168 valence electrons. The molecule has 1 amide bonds. The summed E-state index contributed by atoms with van der Waals surface area (Å²) in [7, 11) is -4.17. The maximum atomic E-state index is 13.1. The van der Waals surface area contributed by atoms with Crippen LogP contribution in [0, 0.1) is 20.8 Å².